The number of morpholine rings is 1. The van der Waals surface area contributed by atoms with Crippen molar-refractivity contribution in [1.82, 2.24) is 25.0 Å². The highest BCUT2D eigenvalue weighted by atomic mass is 127. The fraction of sp³-hybridized carbons (Fsp3) is 0.409. The third-order valence-electron chi connectivity index (χ3n) is 5.46. The van der Waals surface area contributed by atoms with E-state index >= 15 is 0 Å². The van der Waals surface area contributed by atoms with E-state index in [9.17, 15) is 0 Å². The average Bonchev–Trinajstić information content (AvgIpc) is 3.39. The Kier molecular flexibility index (Phi) is 8.44. The number of hydrogen-bond acceptors (Lipinski definition) is 5. The summed E-state index contributed by atoms with van der Waals surface area (Å²) in [7, 11) is 1.97. The molecule has 0 radical (unpaired) electrons. The van der Waals surface area contributed by atoms with E-state index in [-0.39, 0.29) is 30.1 Å². The van der Waals surface area contributed by atoms with Crippen LogP contribution in [0.2, 0.25) is 0 Å². The molecule has 1 aliphatic rings. The van der Waals surface area contributed by atoms with Gasteiger partial charge in [-0.3, -0.25) is 0 Å². The summed E-state index contributed by atoms with van der Waals surface area (Å²) >= 11 is 1.74. The van der Waals surface area contributed by atoms with E-state index in [2.05, 4.69) is 69.1 Å². The maximum Gasteiger partial charge on any atom is 0.194 e. The van der Waals surface area contributed by atoms with Crippen LogP contribution in [-0.2, 0) is 24.9 Å². The van der Waals surface area contributed by atoms with E-state index < -0.39 is 0 Å². The Labute approximate surface area is 204 Å². The van der Waals surface area contributed by atoms with Gasteiger partial charge in [0.1, 0.15) is 18.5 Å². The normalized spacial score (nSPS) is 16.8. The molecule has 1 N–H and O–H groups in total. The molecule has 3 heterocycles. The number of thiophene rings is 1. The van der Waals surface area contributed by atoms with Gasteiger partial charge in [0.05, 0.1) is 19.7 Å². The molecular weight excluding hydrogens is 523 g/mol. The average molecular weight is 552 g/mol. The molecule has 9 heteroatoms. The van der Waals surface area contributed by atoms with Crippen molar-refractivity contribution in [2.75, 3.05) is 19.7 Å². The third-order valence-corrected chi connectivity index (χ3v) is 6.33. The Morgan fingerprint density at radius 3 is 2.77 bits per heavy atom. The topological polar surface area (TPSA) is 67.6 Å². The number of halogens is 1. The summed E-state index contributed by atoms with van der Waals surface area (Å²) < 4.78 is 8.09. The zero-order valence-corrected chi connectivity index (χ0v) is 21.3. The van der Waals surface area contributed by atoms with E-state index in [1.54, 1.807) is 11.3 Å². The van der Waals surface area contributed by atoms with Crippen LogP contribution in [0.3, 0.4) is 0 Å². The van der Waals surface area contributed by atoms with Crippen LogP contribution in [-0.4, -0.2) is 45.3 Å². The lowest BCUT2D eigenvalue weighted by atomic mass is 10.0. The van der Waals surface area contributed by atoms with Crippen molar-refractivity contribution in [3.05, 3.63) is 69.4 Å². The van der Waals surface area contributed by atoms with E-state index in [0.717, 1.165) is 37.2 Å². The molecule has 0 bridgehead atoms. The number of nitrogens with one attached hydrogen (secondary N) is 1. The number of aromatic nitrogens is 3. The van der Waals surface area contributed by atoms with Crippen molar-refractivity contribution in [2.45, 2.75) is 33.0 Å². The molecule has 0 spiro atoms. The predicted octanol–water partition coefficient (Wildman–Crippen LogP) is 3.83. The van der Waals surface area contributed by atoms with Crippen molar-refractivity contribution in [1.29, 1.82) is 0 Å². The van der Waals surface area contributed by atoms with Crippen LogP contribution in [0, 0.1) is 13.8 Å². The van der Waals surface area contributed by atoms with Crippen molar-refractivity contribution in [3.63, 3.8) is 0 Å². The molecule has 3 aromatic rings. The lowest BCUT2D eigenvalue weighted by Gasteiger charge is -2.36. The molecule has 1 aliphatic heterocycles. The van der Waals surface area contributed by atoms with Gasteiger partial charge in [0, 0.05) is 18.5 Å². The highest BCUT2D eigenvalue weighted by Gasteiger charge is 2.25. The molecule has 1 unspecified atom stereocenters. The number of benzene rings is 1. The molecular formula is C22H29IN6OS. The second-order valence-electron chi connectivity index (χ2n) is 7.46. The summed E-state index contributed by atoms with van der Waals surface area (Å²) in [6.07, 6.45) is 0.0331. The van der Waals surface area contributed by atoms with Gasteiger partial charge in [0.15, 0.2) is 11.8 Å². The Hall–Kier alpha value is -1.98. The van der Waals surface area contributed by atoms with Gasteiger partial charge in [0.2, 0.25) is 0 Å². The summed E-state index contributed by atoms with van der Waals surface area (Å²) in [6, 6.07) is 12.6. The highest BCUT2D eigenvalue weighted by Crippen LogP contribution is 2.25. The molecule has 1 fully saturated rings. The molecule has 4 rings (SSSR count). The van der Waals surface area contributed by atoms with Crippen molar-refractivity contribution in [2.24, 2.45) is 12.0 Å². The molecule has 0 amide bonds. The van der Waals surface area contributed by atoms with E-state index in [4.69, 9.17) is 9.73 Å². The first kappa shape index (κ1) is 23.7. The SMILES string of the molecule is Cc1ccccc1C1CN(C(=NCc2nnc(C)n2C)NCc2cccs2)CCO1.I. The van der Waals surface area contributed by atoms with E-state index in [0.29, 0.717) is 13.2 Å². The zero-order valence-electron chi connectivity index (χ0n) is 18.1. The summed E-state index contributed by atoms with van der Waals surface area (Å²) in [4.78, 5) is 8.47. The van der Waals surface area contributed by atoms with Gasteiger partial charge >= 0.3 is 0 Å². The molecule has 7 nitrogen and oxygen atoms in total. The number of guanidine groups is 1. The monoisotopic (exact) mass is 552 g/mol. The number of hydrogen-bond donors (Lipinski definition) is 1. The number of nitrogens with zero attached hydrogens (tertiary/aromatic N) is 5. The highest BCUT2D eigenvalue weighted by molar-refractivity contribution is 14.0. The fourth-order valence-electron chi connectivity index (χ4n) is 3.56. The van der Waals surface area contributed by atoms with Gasteiger partial charge in [-0.2, -0.15) is 0 Å². The fourth-order valence-corrected chi connectivity index (χ4v) is 4.20. The minimum Gasteiger partial charge on any atom is -0.370 e. The number of aryl methyl sites for hydroxylation is 2. The maximum atomic E-state index is 6.11. The van der Waals surface area contributed by atoms with Gasteiger partial charge in [-0.05, 0) is 36.4 Å². The Morgan fingerprint density at radius 1 is 1.23 bits per heavy atom. The Balaban J connectivity index is 0.00000272. The quantitative estimate of drug-likeness (QED) is 0.296. The molecule has 166 valence electrons. The van der Waals surface area contributed by atoms with Gasteiger partial charge < -0.3 is 19.5 Å². The first-order valence-corrected chi connectivity index (χ1v) is 11.1. The smallest absolute Gasteiger partial charge is 0.194 e. The molecule has 2 aromatic heterocycles. The zero-order chi connectivity index (χ0) is 20.9. The van der Waals surface area contributed by atoms with Crippen LogP contribution < -0.4 is 5.32 Å². The summed E-state index contributed by atoms with van der Waals surface area (Å²) in [6.45, 7) is 7.55. The second-order valence-corrected chi connectivity index (χ2v) is 8.49. The molecule has 31 heavy (non-hydrogen) atoms. The minimum atomic E-state index is 0. The van der Waals surface area contributed by atoms with Gasteiger partial charge in [-0.25, -0.2) is 4.99 Å². The lowest BCUT2D eigenvalue weighted by molar-refractivity contribution is -0.00840. The van der Waals surface area contributed by atoms with E-state index in [1.165, 1.54) is 16.0 Å². The first-order valence-electron chi connectivity index (χ1n) is 10.2. The maximum absolute atomic E-state index is 6.11. The summed E-state index contributed by atoms with van der Waals surface area (Å²) in [5.41, 5.74) is 2.49. The largest absolute Gasteiger partial charge is 0.370 e. The molecule has 1 saturated heterocycles. The first-order chi connectivity index (χ1) is 14.6. The van der Waals surface area contributed by atoms with Crippen LogP contribution in [0.4, 0.5) is 0 Å². The van der Waals surface area contributed by atoms with Gasteiger partial charge in [0.25, 0.3) is 0 Å². The molecule has 1 aromatic carbocycles. The third kappa shape index (κ3) is 5.83. The second kappa shape index (κ2) is 11.1. The van der Waals surface area contributed by atoms with Crippen LogP contribution in [0.25, 0.3) is 0 Å². The predicted molar refractivity (Wildman–Crippen MR) is 135 cm³/mol. The molecule has 0 saturated carbocycles. The van der Waals surface area contributed by atoms with Crippen molar-refractivity contribution < 1.29 is 4.74 Å². The summed E-state index contributed by atoms with van der Waals surface area (Å²) in [5.74, 6) is 2.62. The van der Waals surface area contributed by atoms with Gasteiger partial charge in [-0.15, -0.1) is 45.5 Å². The lowest BCUT2D eigenvalue weighted by Crippen LogP contribution is -2.48. The Bertz CT molecular complexity index is 1000. The molecule has 1 atom stereocenters. The van der Waals surface area contributed by atoms with Gasteiger partial charge in [-0.1, -0.05) is 30.3 Å². The van der Waals surface area contributed by atoms with E-state index in [1.807, 2.05) is 18.5 Å². The minimum absolute atomic E-state index is 0. The van der Waals surface area contributed by atoms with Crippen molar-refractivity contribution in [3.8, 4) is 0 Å². The number of ether oxygens (including phenoxy) is 1. The molecule has 0 aliphatic carbocycles. The van der Waals surface area contributed by atoms with Crippen LogP contribution in [0.5, 0.6) is 0 Å². The van der Waals surface area contributed by atoms with Crippen molar-refractivity contribution >= 4 is 41.3 Å². The van der Waals surface area contributed by atoms with Crippen LogP contribution >= 0.6 is 35.3 Å². The number of rotatable bonds is 5. The number of aliphatic imine (C=N–C) groups is 1. The summed E-state index contributed by atoms with van der Waals surface area (Å²) in [5, 5.41) is 14.0. The standard InChI is InChI=1S/C22H28N6OS.HI/c1-16-7-4-5-9-19(16)20-15-28(10-11-29-20)22(23-13-18-8-6-12-30-18)24-14-21-26-25-17(2)27(21)3;/h4-9,12,20H,10-11,13-15H2,1-3H3,(H,23,24);1H. The van der Waals surface area contributed by atoms with Crippen LogP contribution in [0.15, 0.2) is 46.8 Å². The van der Waals surface area contributed by atoms with Crippen LogP contribution in [0.1, 0.15) is 33.8 Å². The Morgan fingerprint density at radius 2 is 2.06 bits per heavy atom.